The number of nitrogens with zero attached hydrogens (tertiary/aromatic N) is 2. The molecule has 0 N–H and O–H groups in total. The Hall–Kier alpha value is -1.35. The summed E-state index contributed by atoms with van der Waals surface area (Å²) in [4.78, 5) is 17.1. The highest BCUT2D eigenvalue weighted by atomic mass is 35.5. The Balaban J connectivity index is 2.84. The van der Waals surface area contributed by atoms with Crippen LogP contribution in [0.1, 0.15) is 18.7 Å². The van der Waals surface area contributed by atoms with Gasteiger partial charge in [-0.3, -0.25) is 9.78 Å². The molecule has 4 heteroatoms. The first-order chi connectivity index (χ1) is 7.06. The molecular weight excluding hydrogens is 212 g/mol. The van der Waals surface area contributed by atoms with Crippen molar-refractivity contribution in [2.75, 3.05) is 7.05 Å². The third-order valence-electron chi connectivity index (χ3n) is 2.28. The molecule has 1 aromatic heterocycles. The van der Waals surface area contributed by atoms with E-state index in [-0.39, 0.29) is 11.9 Å². The lowest BCUT2D eigenvalue weighted by atomic mass is 10.2. The number of likely N-dealkylation sites (N-methyl/N-ethyl adjacent to an activating group) is 1. The second-order valence-corrected chi connectivity index (χ2v) is 3.67. The molecule has 0 saturated heterocycles. The van der Waals surface area contributed by atoms with Crippen LogP contribution in [-0.2, 0) is 4.79 Å². The molecule has 1 atom stereocenters. The maximum atomic E-state index is 11.3. The number of halogens is 1. The minimum atomic E-state index is -0.126. The van der Waals surface area contributed by atoms with E-state index in [0.29, 0.717) is 5.02 Å². The smallest absolute Gasteiger partial charge is 0.246 e. The molecule has 0 aliphatic carbocycles. The molecule has 3 nitrogen and oxygen atoms in total. The fourth-order valence-corrected chi connectivity index (χ4v) is 1.28. The van der Waals surface area contributed by atoms with Crippen molar-refractivity contribution in [3.8, 4) is 0 Å². The van der Waals surface area contributed by atoms with E-state index in [1.165, 1.54) is 6.08 Å². The van der Waals surface area contributed by atoms with Gasteiger partial charge in [0, 0.05) is 13.2 Å². The zero-order valence-corrected chi connectivity index (χ0v) is 9.53. The number of hydrogen-bond donors (Lipinski definition) is 0. The molecule has 1 aromatic rings. The lowest BCUT2D eigenvalue weighted by Gasteiger charge is -2.23. The average molecular weight is 225 g/mol. The van der Waals surface area contributed by atoms with Gasteiger partial charge in [-0.05, 0) is 25.1 Å². The summed E-state index contributed by atoms with van der Waals surface area (Å²) in [6.07, 6.45) is 2.85. The van der Waals surface area contributed by atoms with E-state index in [0.717, 1.165) is 5.69 Å². The van der Waals surface area contributed by atoms with Gasteiger partial charge in [-0.25, -0.2) is 0 Å². The van der Waals surface area contributed by atoms with Gasteiger partial charge in [-0.2, -0.15) is 0 Å². The van der Waals surface area contributed by atoms with Crippen molar-refractivity contribution in [2.45, 2.75) is 13.0 Å². The van der Waals surface area contributed by atoms with E-state index in [1.807, 2.05) is 6.92 Å². The Morgan fingerprint density at radius 2 is 2.33 bits per heavy atom. The number of hydrogen-bond acceptors (Lipinski definition) is 2. The van der Waals surface area contributed by atoms with E-state index < -0.39 is 0 Å². The minimum Gasteiger partial charge on any atom is -0.334 e. The van der Waals surface area contributed by atoms with Crippen LogP contribution in [0.25, 0.3) is 0 Å². The number of amides is 1. The zero-order chi connectivity index (χ0) is 11.4. The van der Waals surface area contributed by atoms with Crippen molar-refractivity contribution in [3.63, 3.8) is 0 Å². The van der Waals surface area contributed by atoms with Gasteiger partial charge in [0.2, 0.25) is 5.91 Å². The highest BCUT2D eigenvalue weighted by molar-refractivity contribution is 6.30. The normalized spacial score (nSPS) is 11.9. The number of rotatable bonds is 3. The zero-order valence-electron chi connectivity index (χ0n) is 8.77. The van der Waals surface area contributed by atoms with E-state index in [9.17, 15) is 4.79 Å². The number of carbonyl (C=O) groups excluding carboxylic acids is 1. The summed E-state index contributed by atoms with van der Waals surface area (Å²) in [6.45, 7) is 5.34. The van der Waals surface area contributed by atoms with Gasteiger partial charge in [0.1, 0.15) is 0 Å². The van der Waals surface area contributed by atoms with Gasteiger partial charge in [-0.15, -0.1) is 0 Å². The van der Waals surface area contributed by atoms with E-state index in [2.05, 4.69) is 11.6 Å². The summed E-state index contributed by atoms with van der Waals surface area (Å²) in [6, 6.07) is 3.47. The Bertz CT molecular complexity index is 361. The quantitative estimate of drug-likeness (QED) is 0.739. The van der Waals surface area contributed by atoms with Crippen molar-refractivity contribution in [3.05, 3.63) is 41.7 Å². The van der Waals surface area contributed by atoms with Crippen LogP contribution in [0.5, 0.6) is 0 Å². The summed E-state index contributed by atoms with van der Waals surface area (Å²) in [5.41, 5.74) is 0.803. The van der Waals surface area contributed by atoms with Crippen molar-refractivity contribution in [2.24, 2.45) is 0 Å². The third kappa shape index (κ3) is 2.80. The fraction of sp³-hybridized carbons (Fsp3) is 0.273. The minimum absolute atomic E-state index is 0.0900. The van der Waals surface area contributed by atoms with Crippen molar-refractivity contribution >= 4 is 17.5 Å². The number of carbonyl (C=O) groups is 1. The van der Waals surface area contributed by atoms with Crippen molar-refractivity contribution in [1.29, 1.82) is 0 Å². The second-order valence-electron chi connectivity index (χ2n) is 3.23. The highest BCUT2D eigenvalue weighted by Crippen LogP contribution is 2.18. The SMILES string of the molecule is C=CC(=O)N(C)C(C)c1ccc(Cl)cn1. The van der Waals surface area contributed by atoms with Crippen LogP contribution >= 0.6 is 11.6 Å². The molecule has 1 rings (SSSR count). The first kappa shape index (κ1) is 11.7. The molecule has 0 saturated carbocycles. The molecule has 0 aliphatic rings. The Morgan fingerprint density at radius 3 is 2.80 bits per heavy atom. The summed E-state index contributed by atoms with van der Waals surface area (Å²) in [7, 11) is 1.71. The summed E-state index contributed by atoms with van der Waals surface area (Å²) in [5.74, 6) is -0.126. The first-order valence-electron chi connectivity index (χ1n) is 4.57. The lowest BCUT2D eigenvalue weighted by molar-refractivity contribution is -0.126. The molecule has 0 aliphatic heterocycles. The largest absolute Gasteiger partial charge is 0.334 e. The van der Waals surface area contributed by atoms with E-state index in [1.54, 1.807) is 30.3 Å². The first-order valence-corrected chi connectivity index (χ1v) is 4.94. The molecule has 80 valence electrons. The lowest BCUT2D eigenvalue weighted by Crippen LogP contribution is -2.28. The van der Waals surface area contributed by atoms with Gasteiger partial charge >= 0.3 is 0 Å². The van der Waals surface area contributed by atoms with E-state index >= 15 is 0 Å². The maximum absolute atomic E-state index is 11.3. The molecular formula is C11H13ClN2O. The van der Waals surface area contributed by atoms with Crippen LogP contribution in [-0.4, -0.2) is 22.8 Å². The molecule has 0 spiro atoms. The molecule has 0 radical (unpaired) electrons. The molecule has 0 bridgehead atoms. The fourth-order valence-electron chi connectivity index (χ4n) is 1.17. The Kier molecular flexibility index (Phi) is 3.86. The highest BCUT2D eigenvalue weighted by Gasteiger charge is 2.15. The molecule has 15 heavy (non-hydrogen) atoms. The maximum Gasteiger partial charge on any atom is 0.246 e. The topological polar surface area (TPSA) is 33.2 Å². The Labute approximate surface area is 94.4 Å². The summed E-state index contributed by atoms with van der Waals surface area (Å²) in [5, 5.41) is 0.587. The van der Waals surface area contributed by atoms with Crippen LogP contribution in [0.4, 0.5) is 0 Å². The molecule has 1 unspecified atom stereocenters. The van der Waals surface area contributed by atoms with Crippen LogP contribution < -0.4 is 0 Å². The molecule has 1 heterocycles. The average Bonchev–Trinajstić information content (AvgIpc) is 2.27. The van der Waals surface area contributed by atoms with E-state index in [4.69, 9.17) is 11.6 Å². The molecule has 1 amide bonds. The third-order valence-corrected chi connectivity index (χ3v) is 2.51. The predicted octanol–water partition coefficient (Wildman–Crippen LogP) is 2.44. The van der Waals surface area contributed by atoms with Crippen LogP contribution in [0.3, 0.4) is 0 Å². The van der Waals surface area contributed by atoms with Gasteiger partial charge in [0.25, 0.3) is 0 Å². The Morgan fingerprint density at radius 1 is 1.67 bits per heavy atom. The van der Waals surface area contributed by atoms with Gasteiger partial charge in [0.05, 0.1) is 16.8 Å². The molecule has 0 fully saturated rings. The number of aromatic nitrogens is 1. The van der Waals surface area contributed by atoms with Crippen molar-refractivity contribution < 1.29 is 4.79 Å². The second kappa shape index (κ2) is 4.94. The summed E-state index contributed by atoms with van der Waals surface area (Å²) < 4.78 is 0. The van der Waals surface area contributed by atoms with Crippen LogP contribution in [0.15, 0.2) is 31.0 Å². The standard InChI is InChI=1S/C11H13ClN2O/c1-4-11(15)14(3)8(2)10-6-5-9(12)7-13-10/h4-8H,1H2,2-3H3. The van der Waals surface area contributed by atoms with Gasteiger partial charge in [-0.1, -0.05) is 18.2 Å². The van der Waals surface area contributed by atoms with Gasteiger partial charge in [0.15, 0.2) is 0 Å². The summed E-state index contributed by atoms with van der Waals surface area (Å²) >= 11 is 5.73. The number of pyridine rings is 1. The van der Waals surface area contributed by atoms with Gasteiger partial charge < -0.3 is 4.90 Å². The molecule has 0 aromatic carbocycles. The van der Waals surface area contributed by atoms with Crippen LogP contribution in [0, 0.1) is 0 Å². The predicted molar refractivity (Wildman–Crippen MR) is 60.6 cm³/mol. The monoisotopic (exact) mass is 224 g/mol. The van der Waals surface area contributed by atoms with Crippen LogP contribution in [0.2, 0.25) is 5.02 Å². The van der Waals surface area contributed by atoms with Crippen molar-refractivity contribution in [1.82, 2.24) is 9.88 Å².